The van der Waals surface area contributed by atoms with Crippen molar-refractivity contribution < 1.29 is 23.3 Å². The first kappa shape index (κ1) is 26.4. The lowest BCUT2D eigenvalue weighted by Gasteiger charge is -2.12. The molecule has 0 spiro atoms. The highest BCUT2D eigenvalue weighted by atomic mass is 32.2. The molecule has 0 aliphatic heterocycles. The summed E-state index contributed by atoms with van der Waals surface area (Å²) in [4.78, 5) is 38.7. The zero-order valence-corrected chi connectivity index (χ0v) is 21.1. The highest BCUT2D eigenvalue weighted by Crippen LogP contribution is 2.21. The standard InChI is InChI=1S/C28H23FN4O4S/c1-18-15-25(33-37-18)32-26(34)17-38-22-13-11-21(12-14-22)30-28(36)24(16-20-9-5-6-10-23(20)29)31-27(35)19-7-3-2-4-8-19/h2-16H,17H2,1H3,(H,30,36)(H,31,35)(H,32,33,34)/b24-16-. The highest BCUT2D eigenvalue weighted by molar-refractivity contribution is 8.00. The summed E-state index contributed by atoms with van der Waals surface area (Å²) in [6.45, 7) is 1.73. The number of aryl methyl sites for hydroxylation is 1. The number of benzene rings is 3. The van der Waals surface area contributed by atoms with Crippen LogP contribution in [0.4, 0.5) is 15.9 Å². The van der Waals surface area contributed by atoms with E-state index in [9.17, 15) is 18.8 Å². The van der Waals surface area contributed by atoms with Crippen molar-refractivity contribution in [3.63, 3.8) is 0 Å². The molecular formula is C28H23FN4O4S. The number of rotatable bonds is 9. The molecule has 3 N–H and O–H groups in total. The third kappa shape index (κ3) is 7.40. The Labute approximate surface area is 222 Å². The summed E-state index contributed by atoms with van der Waals surface area (Å²) in [6.07, 6.45) is 1.28. The van der Waals surface area contributed by atoms with Crippen LogP contribution in [-0.2, 0) is 9.59 Å². The van der Waals surface area contributed by atoms with Gasteiger partial charge < -0.3 is 20.5 Å². The lowest BCUT2D eigenvalue weighted by molar-refractivity contribution is -0.114. The lowest BCUT2D eigenvalue weighted by atomic mass is 10.1. The van der Waals surface area contributed by atoms with Gasteiger partial charge in [-0.15, -0.1) is 11.8 Å². The predicted molar refractivity (Wildman–Crippen MR) is 144 cm³/mol. The van der Waals surface area contributed by atoms with Crippen LogP contribution in [0.3, 0.4) is 0 Å². The molecule has 10 heteroatoms. The monoisotopic (exact) mass is 530 g/mol. The Morgan fingerprint density at radius 2 is 1.66 bits per heavy atom. The Morgan fingerprint density at radius 3 is 2.34 bits per heavy atom. The van der Waals surface area contributed by atoms with Gasteiger partial charge in [-0.1, -0.05) is 41.6 Å². The number of anilines is 2. The Bertz CT molecular complexity index is 1470. The molecule has 1 aromatic heterocycles. The van der Waals surface area contributed by atoms with Gasteiger partial charge in [0.05, 0.1) is 5.75 Å². The fraction of sp³-hybridized carbons (Fsp3) is 0.0714. The molecule has 192 valence electrons. The lowest BCUT2D eigenvalue weighted by Crippen LogP contribution is -2.30. The summed E-state index contributed by atoms with van der Waals surface area (Å²) in [5.41, 5.74) is 0.832. The third-order valence-electron chi connectivity index (χ3n) is 5.11. The number of carbonyl (C=O) groups is 3. The van der Waals surface area contributed by atoms with E-state index in [4.69, 9.17) is 4.52 Å². The first-order valence-electron chi connectivity index (χ1n) is 11.5. The Hall–Kier alpha value is -4.70. The quantitative estimate of drug-likeness (QED) is 0.201. The van der Waals surface area contributed by atoms with E-state index in [0.29, 0.717) is 22.8 Å². The van der Waals surface area contributed by atoms with E-state index in [-0.39, 0.29) is 22.9 Å². The summed E-state index contributed by atoms with van der Waals surface area (Å²) in [6, 6.07) is 22.8. The van der Waals surface area contributed by atoms with Gasteiger partial charge in [0, 0.05) is 27.8 Å². The van der Waals surface area contributed by atoms with Crippen molar-refractivity contribution in [1.82, 2.24) is 10.5 Å². The fourth-order valence-electron chi connectivity index (χ4n) is 3.28. The van der Waals surface area contributed by atoms with E-state index >= 15 is 0 Å². The van der Waals surface area contributed by atoms with Gasteiger partial charge >= 0.3 is 0 Å². The largest absolute Gasteiger partial charge is 0.360 e. The summed E-state index contributed by atoms with van der Waals surface area (Å²) in [7, 11) is 0. The molecule has 3 aromatic carbocycles. The number of amides is 3. The van der Waals surface area contributed by atoms with Gasteiger partial charge in [-0.25, -0.2) is 4.39 Å². The topological polar surface area (TPSA) is 113 Å². The summed E-state index contributed by atoms with van der Waals surface area (Å²) in [5.74, 6) is -0.802. The molecule has 0 fully saturated rings. The van der Waals surface area contributed by atoms with Crippen molar-refractivity contribution in [3.05, 3.63) is 113 Å². The second-order valence-electron chi connectivity index (χ2n) is 8.04. The van der Waals surface area contributed by atoms with Gasteiger partial charge in [0.1, 0.15) is 17.3 Å². The van der Waals surface area contributed by atoms with Crippen molar-refractivity contribution in [2.45, 2.75) is 11.8 Å². The number of carbonyl (C=O) groups excluding carboxylic acids is 3. The maximum Gasteiger partial charge on any atom is 0.272 e. The molecule has 0 saturated carbocycles. The Morgan fingerprint density at radius 1 is 0.947 bits per heavy atom. The fourth-order valence-corrected chi connectivity index (χ4v) is 3.97. The number of aromatic nitrogens is 1. The number of thioether (sulfide) groups is 1. The number of hydrogen-bond donors (Lipinski definition) is 3. The van der Waals surface area contributed by atoms with Crippen molar-refractivity contribution in [3.8, 4) is 0 Å². The minimum Gasteiger partial charge on any atom is -0.360 e. The summed E-state index contributed by atoms with van der Waals surface area (Å²) < 4.78 is 19.2. The number of halogens is 1. The van der Waals surface area contributed by atoms with Crippen molar-refractivity contribution in [2.75, 3.05) is 16.4 Å². The summed E-state index contributed by atoms with van der Waals surface area (Å²) in [5, 5.41) is 11.7. The molecule has 0 saturated heterocycles. The summed E-state index contributed by atoms with van der Waals surface area (Å²) >= 11 is 1.30. The van der Waals surface area contributed by atoms with E-state index in [1.54, 1.807) is 73.7 Å². The molecule has 0 radical (unpaired) electrons. The number of hydrogen-bond acceptors (Lipinski definition) is 6. The van der Waals surface area contributed by atoms with E-state index < -0.39 is 17.6 Å². The van der Waals surface area contributed by atoms with Crippen molar-refractivity contribution in [2.24, 2.45) is 0 Å². The second-order valence-corrected chi connectivity index (χ2v) is 9.09. The third-order valence-corrected chi connectivity index (χ3v) is 6.12. The van der Waals surface area contributed by atoms with Gasteiger partial charge in [-0.2, -0.15) is 0 Å². The molecule has 0 atom stereocenters. The minimum absolute atomic E-state index is 0.123. The molecule has 38 heavy (non-hydrogen) atoms. The molecule has 0 aliphatic carbocycles. The van der Waals surface area contributed by atoms with Gasteiger partial charge in [-0.3, -0.25) is 14.4 Å². The zero-order chi connectivity index (χ0) is 26.9. The van der Waals surface area contributed by atoms with Crippen LogP contribution in [0, 0.1) is 12.7 Å². The second kappa shape index (κ2) is 12.5. The molecular weight excluding hydrogens is 507 g/mol. The molecule has 3 amide bonds. The molecule has 8 nitrogen and oxygen atoms in total. The molecule has 0 unspecified atom stereocenters. The van der Waals surface area contributed by atoms with Crippen molar-refractivity contribution in [1.29, 1.82) is 0 Å². The van der Waals surface area contributed by atoms with Crippen LogP contribution in [0.5, 0.6) is 0 Å². The minimum atomic E-state index is -0.625. The number of nitrogens with one attached hydrogen (secondary N) is 3. The van der Waals surface area contributed by atoms with Crippen LogP contribution in [0.25, 0.3) is 6.08 Å². The predicted octanol–water partition coefficient (Wildman–Crippen LogP) is 5.26. The molecule has 1 heterocycles. The zero-order valence-electron chi connectivity index (χ0n) is 20.2. The average molecular weight is 531 g/mol. The van der Waals surface area contributed by atoms with Gasteiger partial charge in [0.25, 0.3) is 11.8 Å². The van der Waals surface area contributed by atoms with Crippen LogP contribution in [0.15, 0.2) is 100 Å². The molecule has 4 aromatic rings. The smallest absolute Gasteiger partial charge is 0.272 e. The Balaban J connectivity index is 1.41. The SMILES string of the molecule is Cc1cc(NC(=O)CSc2ccc(NC(=O)/C(=C/c3ccccc3F)NC(=O)c3ccccc3)cc2)no1. The van der Waals surface area contributed by atoms with E-state index in [1.165, 1.54) is 36.0 Å². The van der Waals surface area contributed by atoms with E-state index in [2.05, 4.69) is 21.1 Å². The van der Waals surface area contributed by atoms with Gasteiger partial charge in [-0.05, 0) is 55.5 Å². The van der Waals surface area contributed by atoms with Crippen LogP contribution < -0.4 is 16.0 Å². The normalized spacial score (nSPS) is 11.1. The van der Waals surface area contributed by atoms with Gasteiger partial charge in [0.2, 0.25) is 5.91 Å². The van der Waals surface area contributed by atoms with Crippen molar-refractivity contribution >= 4 is 47.1 Å². The average Bonchev–Trinajstić information content (AvgIpc) is 3.33. The Kier molecular flexibility index (Phi) is 8.68. The highest BCUT2D eigenvalue weighted by Gasteiger charge is 2.16. The molecule has 0 aliphatic rings. The molecule has 0 bridgehead atoms. The number of nitrogens with zero attached hydrogens (tertiary/aromatic N) is 1. The van der Waals surface area contributed by atoms with Crippen LogP contribution >= 0.6 is 11.8 Å². The van der Waals surface area contributed by atoms with Crippen LogP contribution in [0.2, 0.25) is 0 Å². The van der Waals surface area contributed by atoms with Crippen LogP contribution in [0.1, 0.15) is 21.7 Å². The first-order chi connectivity index (χ1) is 18.4. The first-order valence-corrected chi connectivity index (χ1v) is 12.5. The molecule has 4 rings (SSSR count). The maximum absolute atomic E-state index is 14.3. The van der Waals surface area contributed by atoms with E-state index in [0.717, 1.165) is 4.90 Å². The van der Waals surface area contributed by atoms with Crippen LogP contribution in [-0.4, -0.2) is 28.6 Å². The van der Waals surface area contributed by atoms with E-state index in [1.807, 2.05) is 0 Å². The van der Waals surface area contributed by atoms with Gasteiger partial charge in [0.15, 0.2) is 5.82 Å². The maximum atomic E-state index is 14.3.